The van der Waals surface area contributed by atoms with E-state index in [0.29, 0.717) is 28.9 Å². The third-order valence-corrected chi connectivity index (χ3v) is 4.91. The van der Waals surface area contributed by atoms with Crippen LogP contribution in [0.2, 0.25) is 0 Å². The number of pyridine rings is 1. The molecule has 4 rings (SSSR count). The van der Waals surface area contributed by atoms with Gasteiger partial charge in [-0.3, -0.25) is 15.1 Å². The van der Waals surface area contributed by atoms with Crippen molar-refractivity contribution in [3.8, 4) is 22.8 Å². The van der Waals surface area contributed by atoms with E-state index in [1.807, 2.05) is 6.07 Å². The molecular weight excluding hydrogens is 346 g/mol. The van der Waals surface area contributed by atoms with E-state index in [1.54, 1.807) is 30.6 Å². The van der Waals surface area contributed by atoms with Crippen LogP contribution in [-0.2, 0) is 0 Å². The summed E-state index contributed by atoms with van der Waals surface area (Å²) in [4.78, 5) is 21.7. The molecule has 1 saturated heterocycles. The predicted octanol–water partition coefficient (Wildman–Crippen LogP) is 3.94. The molecule has 0 radical (unpaired) electrons. The average molecular weight is 365 g/mol. The van der Waals surface area contributed by atoms with Gasteiger partial charge in [-0.25, -0.2) is 0 Å². The normalized spacial score (nSPS) is 15.1. The van der Waals surface area contributed by atoms with Crippen LogP contribution in [0.4, 0.5) is 11.4 Å². The van der Waals surface area contributed by atoms with Crippen molar-refractivity contribution in [2.75, 3.05) is 18.0 Å². The van der Waals surface area contributed by atoms with E-state index >= 15 is 0 Å². The number of benzene rings is 1. The monoisotopic (exact) mass is 365 g/mol. The van der Waals surface area contributed by atoms with Crippen LogP contribution >= 0.6 is 0 Å². The molecule has 0 saturated carbocycles. The van der Waals surface area contributed by atoms with Gasteiger partial charge in [0.2, 0.25) is 5.82 Å². The molecule has 0 amide bonds. The molecule has 0 atom stereocenters. The molecule has 1 aliphatic rings. The molecule has 2 aromatic heterocycles. The Bertz CT molecular complexity index is 949. The van der Waals surface area contributed by atoms with Gasteiger partial charge in [-0.2, -0.15) is 4.98 Å². The van der Waals surface area contributed by atoms with Crippen molar-refractivity contribution in [3.05, 3.63) is 52.8 Å². The van der Waals surface area contributed by atoms with E-state index in [1.165, 1.54) is 6.07 Å². The van der Waals surface area contributed by atoms with Gasteiger partial charge in [0.1, 0.15) is 5.69 Å². The fraction of sp³-hybridized carbons (Fsp3) is 0.316. The Hall–Kier alpha value is -3.29. The van der Waals surface area contributed by atoms with Crippen molar-refractivity contribution >= 4 is 11.4 Å². The van der Waals surface area contributed by atoms with E-state index in [0.717, 1.165) is 31.5 Å². The lowest BCUT2D eigenvalue weighted by Gasteiger charge is -2.31. The number of hydrogen-bond donors (Lipinski definition) is 0. The summed E-state index contributed by atoms with van der Waals surface area (Å²) in [6.45, 7) is 3.87. The molecule has 0 spiro atoms. The van der Waals surface area contributed by atoms with Crippen LogP contribution in [0, 0.1) is 16.0 Å². The molecule has 3 heterocycles. The van der Waals surface area contributed by atoms with Crippen molar-refractivity contribution in [2.24, 2.45) is 5.92 Å². The Morgan fingerprint density at radius 1 is 1.15 bits per heavy atom. The summed E-state index contributed by atoms with van der Waals surface area (Å²) >= 11 is 0. The van der Waals surface area contributed by atoms with Crippen molar-refractivity contribution < 1.29 is 9.45 Å². The van der Waals surface area contributed by atoms with Crippen LogP contribution < -0.4 is 4.90 Å². The zero-order valence-electron chi connectivity index (χ0n) is 14.9. The first-order valence-corrected chi connectivity index (χ1v) is 8.89. The number of rotatable bonds is 4. The summed E-state index contributed by atoms with van der Waals surface area (Å²) in [6, 6.07) is 8.64. The second-order valence-electron chi connectivity index (χ2n) is 6.79. The van der Waals surface area contributed by atoms with Crippen LogP contribution in [0.1, 0.15) is 19.8 Å². The summed E-state index contributed by atoms with van der Waals surface area (Å²) in [5.41, 5.74) is 2.02. The number of piperidine rings is 1. The molecular formula is C19H19N5O3. The second kappa shape index (κ2) is 7.14. The Balaban J connectivity index is 1.66. The molecule has 8 nitrogen and oxygen atoms in total. The van der Waals surface area contributed by atoms with Gasteiger partial charge in [0.25, 0.3) is 11.6 Å². The summed E-state index contributed by atoms with van der Waals surface area (Å²) in [5, 5.41) is 15.6. The minimum Gasteiger partial charge on any atom is -0.366 e. The lowest BCUT2D eigenvalue weighted by Crippen LogP contribution is -2.33. The van der Waals surface area contributed by atoms with Crippen molar-refractivity contribution in [2.45, 2.75) is 19.8 Å². The van der Waals surface area contributed by atoms with Gasteiger partial charge in [-0.1, -0.05) is 12.1 Å². The van der Waals surface area contributed by atoms with Crippen molar-refractivity contribution in [1.29, 1.82) is 0 Å². The molecule has 0 bridgehead atoms. The molecule has 0 N–H and O–H groups in total. The van der Waals surface area contributed by atoms with Crippen LogP contribution in [0.3, 0.4) is 0 Å². The van der Waals surface area contributed by atoms with Gasteiger partial charge in [0.05, 0.1) is 4.92 Å². The molecule has 1 aliphatic heterocycles. The number of nitrogens with zero attached hydrogens (tertiary/aromatic N) is 5. The zero-order chi connectivity index (χ0) is 18.8. The number of aromatic nitrogens is 3. The quantitative estimate of drug-likeness (QED) is 0.510. The summed E-state index contributed by atoms with van der Waals surface area (Å²) in [7, 11) is 0. The van der Waals surface area contributed by atoms with Gasteiger partial charge >= 0.3 is 0 Å². The van der Waals surface area contributed by atoms with Crippen LogP contribution in [0.5, 0.6) is 0 Å². The minimum absolute atomic E-state index is 0.0670. The molecule has 8 heteroatoms. The fourth-order valence-electron chi connectivity index (χ4n) is 3.28. The highest BCUT2D eigenvalue weighted by atomic mass is 16.6. The highest BCUT2D eigenvalue weighted by Crippen LogP contribution is 2.35. The Morgan fingerprint density at radius 2 is 1.89 bits per heavy atom. The van der Waals surface area contributed by atoms with Gasteiger partial charge in [0, 0.05) is 42.7 Å². The third-order valence-electron chi connectivity index (χ3n) is 4.91. The first kappa shape index (κ1) is 17.1. The molecule has 0 aliphatic carbocycles. The number of anilines is 1. The third kappa shape index (κ3) is 3.51. The predicted molar refractivity (Wildman–Crippen MR) is 100 cm³/mol. The smallest absolute Gasteiger partial charge is 0.293 e. The Morgan fingerprint density at radius 3 is 2.59 bits per heavy atom. The largest absolute Gasteiger partial charge is 0.366 e. The minimum atomic E-state index is -0.347. The Kier molecular flexibility index (Phi) is 4.53. The van der Waals surface area contributed by atoms with Crippen molar-refractivity contribution in [3.63, 3.8) is 0 Å². The summed E-state index contributed by atoms with van der Waals surface area (Å²) in [5.74, 6) is 1.33. The molecule has 138 valence electrons. The van der Waals surface area contributed by atoms with E-state index in [4.69, 9.17) is 4.52 Å². The highest BCUT2D eigenvalue weighted by molar-refractivity contribution is 5.72. The first-order chi connectivity index (χ1) is 13.1. The molecule has 27 heavy (non-hydrogen) atoms. The highest BCUT2D eigenvalue weighted by Gasteiger charge is 2.24. The fourth-order valence-corrected chi connectivity index (χ4v) is 3.28. The molecule has 1 aromatic carbocycles. The van der Waals surface area contributed by atoms with Gasteiger partial charge in [-0.15, -0.1) is 0 Å². The SMILES string of the molecule is CC1CCN(c2ccc(-c3noc(-c4ccncc4)n3)cc2[N+](=O)[O-])CC1. The summed E-state index contributed by atoms with van der Waals surface area (Å²) < 4.78 is 5.29. The van der Waals surface area contributed by atoms with E-state index in [2.05, 4.69) is 26.9 Å². The Labute approximate surface area is 156 Å². The average Bonchev–Trinajstić information content (AvgIpc) is 3.19. The van der Waals surface area contributed by atoms with Crippen molar-refractivity contribution in [1.82, 2.24) is 15.1 Å². The lowest BCUT2D eigenvalue weighted by atomic mass is 9.98. The first-order valence-electron chi connectivity index (χ1n) is 8.89. The maximum atomic E-state index is 11.6. The van der Waals surface area contributed by atoms with E-state index in [-0.39, 0.29) is 10.6 Å². The van der Waals surface area contributed by atoms with Crippen LogP contribution in [-0.4, -0.2) is 33.1 Å². The molecule has 0 unspecified atom stereocenters. The van der Waals surface area contributed by atoms with Gasteiger partial charge in [-0.05, 0) is 43.0 Å². The molecule has 3 aromatic rings. The van der Waals surface area contributed by atoms with E-state index in [9.17, 15) is 10.1 Å². The van der Waals surface area contributed by atoms with E-state index < -0.39 is 0 Å². The maximum Gasteiger partial charge on any atom is 0.293 e. The standard InChI is InChI=1S/C19H19N5O3/c1-13-6-10-23(11-7-13)16-3-2-15(12-17(16)24(25)26)18-21-19(27-22-18)14-4-8-20-9-5-14/h2-5,8-9,12-13H,6-7,10-11H2,1H3. The van der Waals surface area contributed by atoms with Crippen LogP contribution in [0.15, 0.2) is 47.2 Å². The summed E-state index contributed by atoms with van der Waals surface area (Å²) in [6.07, 6.45) is 5.36. The number of hydrogen-bond acceptors (Lipinski definition) is 7. The van der Waals surface area contributed by atoms with Crippen LogP contribution in [0.25, 0.3) is 22.8 Å². The molecule has 1 fully saturated rings. The lowest BCUT2D eigenvalue weighted by molar-refractivity contribution is -0.384. The number of nitro groups is 1. The number of nitro benzene ring substituents is 1. The van der Waals surface area contributed by atoms with Gasteiger partial charge in [0.15, 0.2) is 0 Å². The maximum absolute atomic E-state index is 11.6. The topological polar surface area (TPSA) is 98.2 Å². The zero-order valence-corrected chi connectivity index (χ0v) is 14.9. The van der Waals surface area contributed by atoms with Gasteiger partial charge < -0.3 is 9.42 Å². The second-order valence-corrected chi connectivity index (χ2v) is 6.79.